The number of ether oxygens (including phenoxy) is 3. The van der Waals surface area contributed by atoms with Crippen LogP contribution in [-0.4, -0.2) is 54.9 Å². The highest BCUT2D eigenvalue weighted by atomic mass is 16.5. The van der Waals surface area contributed by atoms with Gasteiger partial charge in [-0.3, -0.25) is 9.69 Å². The Balaban J connectivity index is 1.47. The van der Waals surface area contributed by atoms with Crippen LogP contribution in [0.4, 0.5) is 0 Å². The van der Waals surface area contributed by atoms with Crippen LogP contribution < -0.4 is 9.47 Å². The molecule has 0 aromatic heterocycles. The van der Waals surface area contributed by atoms with Crippen LogP contribution in [0, 0.1) is 5.41 Å². The van der Waals surface area contributed by atoms with Crippen molar-refractivity contribution in [3.8, 4) is 11.5 Å². The van der Waals surface area contributed by atoms with E-state index in [-0.39, 0.29) is 31.1 Å². The Bertz CT molecular complexity index is 957. The number of nitrogens with zero attached hydrogens (tertiary/aromatic N) is 1. The van der Waals surface area contributed by atoms with E-state index in [2.05, 4.69) is 24.0 Å². The first-order chi connectivity index (χ1) is 16.4. The van der Waals surface area contributed by atoms with Crippen molar-refractivity contribution in [2.75, 3.05) is 26.7 Å². The zero-order valence-electron chi connectivity index (χ0n) is 20.5. The predicted molar refractivity (Wildman–Crippen MR) is 131 cm³/mol. The van der Waals surface area contributed by atoms with Crippen molar-refractivity contribution >= 4 is 5.97 Å². The third-order valence-corrected chi connectivity index (χ3v) is 7.54. The van der Waals surface area contributed by atoms with Crippen molar-refractivity contribution in [2.45, 2.75) is 64.3 Å². The van der Waals surface area contributed by atoms with Crippen LogP contribution in [0.25, 0.3) is 0 Å². The fourth-order valence-corrected chi connectivity index (χ4v) is 5.31. The summed E-state index contributed by atoms with van der Waals surface area (Å²) in [6, 6.07) is 15.8. The molecule has 0 spiro atoms. The molecule has 0 bridgehead atoms. The normalized spacial score (nSPS) is 24.2. The number of carbonyl (C=O) groups excluding carboxylic acids is 1. The number of hydrogen-bond donors (Lipinski definition) is 1. The second-order valence-corrected chi connectivity index (χ2v) is 9.98. The first-order valence-electron chi connectivity index (χ1n) is 12.3. The van der Waals surface area contributed by atoms with Crippen molar-refractivity contribution in [3.05, 3.63) is 59.7 Å². The van der Waals surface area contributed by atoms with Crippen molar-refractivity contribution in [1.82, 2.24) is 4.90 Å². The van der Waals surface area contributed by atoms with E-state index in [9.17, 15) is 9.90 Å². The molecule has 1 aliphatic carbocycles. The molecule has 1 N–H and O–H groups in total. The van der Waals surface area contributed by atoms with E-state index >= 15 is 0 Å². The molecule has 1 aliphatic heterocycles. The molecule has 2 aliphatic rings. The smallest absolute Gasteiger partial charge is 0.320 e. The van der Waals surface area contributed by atoms with E-state index in [4.69, 9.17) is 14.2 Å². The predicted octanol–water partition coefficient (Wildman–Crippen LogP) is 4.55. The molecule has 3 atom stereocenters. The largest absolute Gasteiger partial charge is 0.493 e. The van der Waals surface area contributed by atoms with E-state index in [1.807, 2.05) is 43.3 Å². The summed E-state index contributed by atoms with van der Waals surface area (Å²) < 4.78 is 17.4. The number of likely N-dealkylation sites (tertiary alicyclic amines) is 1. The van der Waals surface area contributed by atoms with Crippen molar-refractivity contribution in [2.24, 2.45) is 5.41 Å². The van der Waals surface area contributed by atoms with E-state index < -0.39 is 11.5 Å². The number of rotatable bonds is 9. The van der Waals surface area contributed by atoms with Gasteiger partial charge in [0.25, 0.3) is 0 Å². The van der Waals surface area contributed by atoms with Gasteiger partial charge >= 0.3 is 5.97 Å². The Morgan fingerprint density at radius 3 is 2.56 bits per heavy atom. The summed E-state index contributed by atoms with van der Waals surface area (Å²) in [6.07, 6.45) is 4.23. The molecule has 0 radical (unpaired) electrons. The maximum Gasteiger partial charge on any atom is 0.320 e. The van der Waals surface area contributed by atoms with Crippen LogP contribution in [0.1, 0.15) is 56.6 Å². The third-order valence-electron chi connectivity index (χ3n) is 7.54. The van der Waals surface area contributed by atoms with Crippen LogP contribution >= 0.6 is 0 Å². The minimum Gasteiger partial charge on any atom is -0.493 e. The lowest BCUT2D eigenvalue weighted by Gasteiger charge is -2.34. The van der Waals surface area contributed by atoms with Gasteiger partial charge in [-0.2, -0.15) is 0 Å². The summed E-state index contributed by atoms with van der Waals surface area (Å²) >= 11 is 0. The molecule has 184 valence electrons. The lowest BCUT2D eigenvalue weighted by Crippen LogP contribution is -2.38. The van der Waals surface area contributed by atoms with E-state index in [0.29, 0.717) is 13.1 Å². The number of methoxy groups -OCH3 is 1. The molecule has 4 rings (SSSR count). The van der Waals surface area contributed by atoms with Gasteiger partial charge in [-0.1, -0.05) is 43.3 Å². The second-order valence-electron chi connectivity index (χ2n) is 9.98. The van der Waals surface area contributed by atoms with Gasteiger partial charge in [0.15, 0.2) is 11.5 Å². The summed E-state index contributed by atoms with van der Waals surface area (Å²) in [5, 5.41) is 10.7. The second kappa shape index (κ2) is 10.8. The molecule has 0 unspecified atom stereocenters. The molecule has 6 heteroatoms. The first kappa shape index (κ1) is 24.6. The molecular weight excluding hydrogens is 430 g/mol. The van der Waals surface area contributed by atoms with Gasteiger partial charge in [0.05, 0.1) is 25.9 Å². The average Bonchev–Trinajstić information content (AvgIpc) is 3.46. The van der Waals surface area contributed by atoms with Gasteiger partial charge in [-0.25, -0.2) is 0 Å². The van der Waals surface area contributed by atoms with Gasteiger partial charge in [0.1, 0.15) is 6.61 Å². The lowest BCUT2D eigenvalue weighted by molar-refractivity contribution is -0.146. The Kier molecular flexibility index (Phi) is 7.79. The van der Waals surface area contributed by atoms with Gasteiger partial charge in [-0.05, 0) is 55.9 Å². The molecule has 2 aromatic rings. The number of benzene rings is 2. The summed E-state index contributed by atoms with van der Waals surface area (Å²) in [7, 11) is 1.66. The zero-order valence-corrected chi connectivity index (χ0v) is 20.5. The zero-order chi connectivity index (χ0) is 24.1. The van der Waals surface area contributed by atoms with E-state index in [1.54, 1.807) is 7.11 Å². The van der Waals surface area contributed by atoms with Crippen molar-refractivity contribution in [3.63, 3.8) is 0 Å². The summed E-state index contributed by atoms with van der Waals surface area (Å²) in [6.45, 7) is 5.68. The molecule has 0 amide bonds. The Morgan fingerprint density at radius 2 is 1.88 bits per heavy atom. The fourth-order valence-electron chi connectivity index (χ4n) is 5.31. The first-order valence-corrected chi connectivity index (χ1v) is 12.3. The minimum absolute atomic E-state index is 0.0475. The van der Waals surface area contributed by atoms with Crippen LogP contribution in [0.2, 0.25) is 0 Å². The highest BCUT2D eigenvalue weighted by Gasteiger charge is 2.47. The SMILES string of the molecule is COc1ccc([C@@H]2CN(CC(=O)OCc3ccccc3)C[C@@]2(C)[C@@H](C)O)cc1OC1CCCC1. The maximum atomic E-state index is 12.6. The number of carbonyl (C=O) groups is 1. The van der Waals surface area contributed by atoms with Gasteiger partial charge in [0.2, 0.25) is 0 Å². The average molecular weight is 468 g/mol. The third kappa shape index (κ3) is 5.56. The molecule has 6 nitrogen and oxygen atoms in total. The quantitative estimate of drug-likeness (QED) is 0.546. The maximum absolute atomic E-state index is 12.6. The highest BCUT2D eigenvalue weighted by molar-refractivity contribution is 5.71. The molecule has 1 heterocycles. The lowest BCUT2D eigenvalue weighted by atomic mass is 9.72. The number of aliphatic hydroxyl groups excluding tert-OH is 1. The van der Waals surface area contributed by atoms with Gasteiger partial charge in [-0.15, -0.1) is 0 Å². The van der Waals surface area contributed by atoms with E-state index in [1.165, 1.54) is 12.8 Å². The Hall–Kier alpha value is -2.57. The Labute approximate surface area is 202 Å². The highest BCUT2D eigenvalue weighted by Crippen LogP contribution is 2.47. The van der Waals surface area contributed by atoms with Gasteiger partial charge < -0.3 is 19.3 Å². The summed E-state index contributed by atoms with van der Waals surface area (Å²) in [5.74, 6) is 1.29. The molecule has 1 saturated carbocycles. The standard InChI is InChI=1S/C28H37NO5/c1-20(30)28(2)19-29(17-27(31)33-18-21-9-5-4-6-10-21)16-24(28)22-13-14-25(32-3)26(15-22)34-23-11-7-8-12-23/h4-6,9-10,13-15,20,23-24,30H,7-8,11-12,16-19H2,1-3H3/t20-,24+,28+/m1/s1. The Morgan fingerprint density at radius 1 is 1.15 bits per heavy atom. The van der Waals surface area contributed by atoms with Crippen LogP contribution in [0.5, 0.6) is 11.5 Å². The fraction of sp³-hybridized carbons (Fsp3) is 0.536. The van der Waals surface area contributed by atoms with Crippen molar-refractivity contribution < 1.29 is 24.1 Å². The number of aliphatic hydroxyl groups is 1. The van der Waals surface area contributed by atoms with Crippen molar-refractivity contribution in [1.29, 1.82) is 0 Å². The number of esters is 1. The molecule has 34 heavy (non-hydrogen) atoms. The van der Waals surface area contributed by atoms with Crippen LogP contribution in [0.3, 0.4) is 0 Å². The minimum atomic E-state index is -0.538. The van der Waals surface area contributed by atoms with Crippen LogP contribution in [-0.2, 0) is 16.1 Å². The monoisotopic (exact) mass is 467 g/mol. The molecule has 2 fully saturated rings. The summed E-state index contributed by atoms with van der Waals surface area (Å²) in [4.78, 5) is 14.7. The summed E-state index contributed by atoms with van der Waals surface area (Å²) in [5.41, 5.74) is 1.66. The molecule has 1 saturated heterocycles. The topological polar surface area (TPSA) is 68.2 Å². The van der Waals surface area contributed by atoms with Gasteiger partial charge in [0, 0.05) is 24.4 Å². The van der Waals surface area contributed by atoms with E-state index in [0.717, 1.165) is 35.5 Å². The molecular formula is C28H37NO5. The number of hydrogen-bond acceptors (Lipinski definition) is 6. The molecule has 2 aromatic carbocycles. The van der Waals surface area contributed by atoms with Crippen LogP contribution in [0.15, 0.2) is 48.5 Å².